The van der Waals surface area contributed by atoms with Gasteiger partial charge < -0.3 is 15.2 Å². The van der Waals surface area contributed by atoms with Gasteiger partial charge in [-0.05, 0) is 18.9 Å². The third kappa shape index (κ3) is 3.23. The van der Waals surface area contributed by atoms with Gasteiger partial charge in [0.05, 0.1) is 17.7 Å². The van der Waals surface area contributed by atoms with E-state index < -0.39 is 24.6 Å². The van der Waals surface area contributed by atoms with Crippen LogP contribution < -0.4 is 5.32 Å². The molecule has 104 valence electrons. The molecular formula is C13H15ClFNO3. The molecule has 1 amide bonds. The molecule has 2 rings (SSSR count). The monoisotopic (exact) mass is 287 g/mol. The normalized spacial score (nSPS) is 20.3. The molecule has 0 spiro atoms. The Bertz CT molecular complexity index is 463. The predicted molar refractivity (Wildman–Crippen MR) is 68.4 cm³/mol. The Balaban J connectivity index is 2.11. The number of aliphatic hydroxyl groups excluding tert-OH is 1. The Labute approximate surface area is 115 Å². The number of ether oxygens (including phenoxy) is 1. The zero-order valence-corrected chi connectivity index (χ0v) is 11.0. The summed E-state index contributed by atoms with van der Waals surface area (Å²) < 4.78 is 19.1. The summed E-state index contributed by atoms with van der Waals surface area (Å²) in [7, 11) is 0. The van der Waals surface area contributed by atoms with Gasteiger partial charge in [-0.3, -0.25) is 4.79 Å². The first-order chi connectivity index (χ1) is 9.13. The van der Waals surface area contributed by atoms with E-state index in [-0.39, 0.29) is 16.5 Å². The van der Waals surface area contributed by atoms with Crippen LogP contribution in [0.2, 0.25) is 5.02 Å². The minimum Gasteiger partial charge on any atom is -0.394 e. The van der Waals surface area contributed by atoms with E-state index in [0.717, 1.165) is 6.42 Å². The van der Waals surface area contributed by atoms with Gasteiger partial charge in [0, 0.05) is 12.2 Å². The van der Waals surface area contributed by atoms with E-state index in [0.29, 0.717) is 13.0 Å². The van der Waals surface area contributed by atoms with Crippen LogP contribution >= 0.6 is 11.6 Å². The van der Waals surface area contributed by atoms with E-state index >= 15 is 0 Å². The van der Waals surface area contributed by atoms with Crippen LogP contribution in [-0.2, 0) is 9.53 Å². The number of nitrogens with one attached hydrogen (secondary N) is 1. The average molecular weight is 288 g/mol. The van der Waals surface area contributed by atoms with Crippen molar-refractivity contribution in [2.45, 2.75) is 25.0 Å². The van der Waals surface area contributed by atoms with Gasteiger partial charge in [-0.25, -0.2) is 4.39 Å². The summed E-state index contributed by atoms with van der Waals surface area (Å²) in [6, 6.07) is 3.64. The number of aliphatic hydroxyl groups is 1. The summed E-state index contributed by atoms with van der Waals surface area (Å²) in [4.78, 5) is 11.9. The van der Waals surface area contributed by atoms with E-state index in [2.05, 4.69) is 5.32 Å². The lowest BCUT2D eigenvalue weighted by Gasteiger charge is -2.19. The number of rotatable bonds is 4. The molecule has 0 aromatic heterocycles. The number of hydrogen-bond donors (Lipinski definition) is 2. The van der Waals surface area contributed by atoms with Crippen molar-refractivity contribution in [2.24, 2.45) is 0 Å². The topological polar surface area (TPSA) is 58.6 Å². The van der Waals surface area contributed by atoms with Crippen LogP contribution in [-0.4, -0.2) is 30.3 Å². The molecule has 1 aliphatic rings. The van der Waals surface area contributed by atoms with Crippen molar-refractivity contribution in [3.8, 4) is 0 Å². The van der Waals surface area contributed by atoms with E-state index in [1.807, 2.05) is 0 Å². The third-order valence-corrected chi connectivity index (χ3v) is 3.37. The number of hydrogen-bond acceptors (Lipinski definition) is 3. The fraction of sp³-hybridized carbons (Fsp3) is 0.462. The summed E-state index contributed by atoms with van der Waals surface area (Å²) in [6.45, 7) is 0.142. The second-order valence-electron chi connectivity index (χ2n) is 4.39. The van der Waals surface area contributed by atoms with E-state index in [1.54, 1.807) is 6.07 Å². The van der Waals surface area contributed by atoms with Crippen LogP contribution in [0.15, 0.2) is 18.2 Å². The van der Waals surface area contributed by atoms with Crippen LogP contribution in [0.3, 0.4) is 0 Å². The van der Waals surface area contributed by atoms with Crippen molar-refractivity contribution in [1.29, 1.82) is 0 Å². The Morgan fingerprint density at radius 2 is 2.42 bits per heavy atom. The second-order valence-corrected chi connectivity index (χ2v) is 4.80. The maximum Gasteiger partial charge on any atom is 0.249 e. The molecule has 0 aliphatic carbocycles. The number of carbonyl (C=O) groups excluding carboxylic acids is 1. The van der Waals surface area contributed by atoms with Crippen molar-refractivity contribution >= 4 is 17.5 Å². The van der Waals surface area contributed by atoms with E-state index in [1.165, 1.54) is 12.1 Å². The van der Waals surface area contributed by atoms with Gasteiger partial charge in [-0.1, -0.05) is 23.7 Å². The summed E-state index contributed by atoms with van der Waals surface area (Å²) in [5.74, 6) is -0.966. The van der Waals surface area contributed by atoms with Crippen LogP contribution in [0.1, 0.15) is 24.4 Å². The van der Waals surface area contributed by atoms with Crippen molar-refractivity contribution in [3.63, 3.8) is 0 Å². The second kappa shape index (κ2) is 6.32. The lowest BCUT2D eigenvalue weighted by atomic mass is 10.1. The lowest BCUT2D eigenvalue weighted by molar-refractivity contribution is -0.131. The fourth-order valence-corrected chi connectivity index (χ4v) is 2.24. The van der Waals surface area contributed by atoms with Crippen LogP contribution in [0.5, 0.6) is 0 Å². The molecule has 2 N–H and O–H groups in total. The molecule has 1 saturated heterocycles. The highest BCUT2D eigenvalue weighted by molar-refractivity contribution is 6.30. The molecule has 0 unspecified atom stereocenters. The smallest absolute Gasteiger partial charge is 0.249 e. The highest BCUT2D eigenvalue weighted by Crippen LogP contribution is 2.24. The Morgan fingerprint density at radius 1 is 1.63 bits per heavy atom. The van der Waals surface area contributed by atoms with Crippen molar-refractivity contribution in [1.82, 2.24) is 5.32 Å². The number of benzene rings is 1. The molecule has 2 atom stereocenters. The third-order valence-electron chi connectivity index (χ3n) is 3.08. The molecule has 1 aromatic carbocycles. The average Bonchev–Trinajstić information content (AvgIpc) is 2.93. The Kier molecular flexibility index (Phi) is 4.74. The first kappa shape index (κ1) is 14.2. The Morgan fingerprint density at radius 3 is 3.05 bits per heavy atom. The first-order valence-electron chi connectivity index (χ1n) is 6.10. The van der Waals surface area contributed by atoms with Gasteiger partial charge in [0.15, 0.2) is 0 Å². The van der Waals surface area contributed by atoms with Gasteiger partial charge in [0.2, 0.25) is 5.91 Å². The van der Waals surface area contributed by atoms with Gasteiger partial charge in [0.25, 0.3) is 0 Å². The van der Waals surface area contributed by atoms with E-state index in [9.17, 15) is 14.3 Å². The number of carbonyl (C=O) groups is 1. The highest BCUT2D eigenvalue weighted by Gasteiger charge is 2.27. The molecule has 1 aromatic rings. The van der Waals surface area contributed by atoms with E-state index in [4.69, 9.17) is 16.3 Å². The van der Waals surface area contributed by atoms with Crippen molar-refractivity contribution in [3.05, 3.63) is 34.6 Å². The quantitative estimate of drug-likeness (QED) is 0.888. The van der Waals surface area contributed by atoms with Crippen LogP contribution in [0.25, 0.3) is 0 Å². The van der Waals surface area contributed by atoms with Gasteiger partial charge >= 0.3 is 0 Å². The lowest BCUT2D eigenvalue weighted by Crippen LogP contribution is -2.38. The van der Waals surface area contributed by atoms with Gasteiger partial charge in [-0.2, -0.15) is 0 Å². The zero-order valence-electron chi connectivity index (χ0n) is 10.2. The maximum absolute atomic E-state index is 13.8. The molecule has 0 radical (unpaired) electrons. The molecule has 1 aliphatic heterocycles. The molecule has 4 nitrogen and oxygen atoms in total. The van der Waals surface area contributed by atoms with Crippen molar-refractivity contribution in [2.75, 3.05) is 13.2 Å². The maximum atomic E-state index is 13.8. The highest BCUT2D eigenvalue weighted by atomic mass is 35.5. The Hall–Kier alpha value is -1.17. The minimum absolute atomic E-state index is 0.0395. The largest absolute Gasteiger partial charge is 0.394 e. The van der Waals surface area contributed by atoms with Crippen LogP contribution in [0, 0.1) is 5.82 Å². The van der Waals surface area contributed by atoms with Gasteiger partial charge in [-0.15, -0.1) is 0 Å². The molecule has 1 fully saturated rings. The standard InChI is InChI=1S/C13H15ClFNO3/c14-9-4-1-3-8(12(9)15)10(7-17)16-13(18)11-5-2-6-19-11/h1,3-4,10-11,17H,2,5-7H2,(H,16,18)/t10-,11+/m0/s1. The predicted octanol–water partition coefficient (Wildman–Crippen LogP) is 1.81. The molecule has 0 saturated carbocycles. The molecule has 0 bridgehead atoms. The SMILES string of the molecule is O=C(N[C@@H](CO)c1cccc(Cl)c1F)[C@H]1CCCO1. The number of amides is 1. The van der Waals surface area contributed by atoms with Crippen molar-refractivity contribution < 1.29 is 19.0 Å². The summed E-state index contributed by atoms with van der Waals surface area (Å²) in [5.41, 5.74) is 0.168. The molecular weight excluding hydrogens is 273 g/mol. The fourth-order valence-electron chi connectivity index (χ4n) is 2.06. The summed E-state index contributed by atoms with van der Waals surface area (Å²) in [6.07, 6.45) is 0.950. The van der Waals surface area contributed by atoms with Crippen LogP contribution in [0.4, 0.5) is 4.39 Å². The molecule has 1 heterocycles. The first-order valence-corrected chi connectivity index (χ1v) is 6.48. The molecule has 6 heteroatoms. The molecule has 19 heavy (non-hydrogen) atoms. The van der Waals surface area contributed by atoms with Gasteiger partial charge in [0.1, 0.15) is 11.9 Å². The zero-order chi connectivity index (χ0) is 13.8. The minimum atomic E-state index is -0.824. The summed E-state index contributed by atoms with van der Waals surface area (Å²) in [5, 5.41) is 11.9. The number of halogens is 2. The summed E-state index contributed by atoms with van der Waals surface area (Å²) >= 11 is 5.68.